The molecule has 1 aliphatic heterocycles. The van der Waals surface area contributed by atoms with Gasteiger partial charge in [0.15, 0.2) is 7.85 Å². The third-order valence-corrected chi connectivity index (χ3v) is 3.75. The molecule has 6 heteroatoms. The first kappa shape index (κ1) is 9.19. The predicted molar refractivity (Wildman–Crippen MR) is 46.8 cm³/mol. The van der Waals surface area contributed by atoms with Crippen LogP contribution in [0.4, 0.5) is 0 Å². The highest BCUT2D eigenvalue weighted by Crippen LogP contribution is 2.56. The van der Waals surface area contributed by atoms with Crippen LogP contribution in [0.3, 0.4) is 0 Å². The van der Waals surface area contributed by atoms with Crippen molar-refractivity contribution in [2.24, 2.45) is 0 Å². The Morgan fingerprint density at radius 2 is 2.54 bits per heavy atom. The molecular weight excluding hydrogens is 190 g/mol. The van der Waals surface area contributed by atoms with Crippen LogP contribution in [-0.4, -0.2) is 32.4 Å². The van der Waals surface area contributed by atoms with E-state index in [0.29, 0.717) is 0 Å². The van der Waals surface area contributed by atoms with E-state index in [1.807, 2.05) is 6.08 Å². The third-order valence-electron chi connectivity index (χ3n) is 1.93. The zero-order valence-corrected chi connectivity index (χ0v) is 7.83. The van der Waals surface area contributed by atoms with Crippen molar-refractivity contribution in [1.29, 1.82) is 0 Å². The molecule has 1 unspecified atom stereocenters. The summed E-state index contributed by atoms with van der Waals surface area (Å²) in [5, 5.41) is 0. The first-order valence-electron chi connectivity index (χ1n) is 3.98. The molecule has 1 saturated carbocycles. The van der Waals surface area contributed by atoms with Crippen LogP contribution in [0.2, 0.25) is 0 Å². The number of hydrogen-bond acceptors (Lipinski definition) is 4. The molecule has 1 fully saturated rings. The second-order valence-electron chi connectivity index (χ2n) is 3.11. The van der Waals surface area contributed by atoms with Crippen LogP contribution in [0.15, 0.2) is 11.6 Å². The molecule has 2 radical (unpaired) electrons. The first-order chi connectivity index (χ1) is 6.09. The van der Waals surface area contributed by atoms with Crippen molar-refractivity contribution in [2.45, 2.75) is 12.5 Å². The lowest BCUT2D eigenvalue weighted by Gasteiger charge is -2.14. The first-order valence-corrected chi connectivity index (χ1v) is 5.71. The van der Waals surface area contributed by atoms with Crippen LogP contribution in [0.1, 0.15) is 6.42 Å². The standard InChI is InChI=1S/C7H8BO4P/c8-7(9)4-13(10)11-2-1-5-3-6(5)12-13/h1,6H,2-4H2/t6-,13?/m1/s1. The van der Waals surface area contributed by atoms with E-state index in [9.17, 15) is 9.36 Å². The molecule has 0 bridgehead atoms. The van der Waals surface area contributed by atoms with Crippen LogP contribution in [0.5, 0.6) is 0 Å². The van der Waals surface area contributed by atoms with E-state index in [2.05, 4.69) is 0 Å². The van der Waals surface area contributed by atoms with Gasteiger partial charge in [0, 0.05) is 6.42 Å². The Morgan fingerprint density at radius 1 is 1.77 bits per heavy atom. The smallest absolute Gasteiger partial charge is 0.312 e. The topological polar surface area (TPSA) is 52.6 Å². The summed E-state index contributed by atoms with van der Waals surface area (Å²) < 4.78 is 21.8. The monoisotopic (exact) mass is 198 g/mol. The largest absolute Gasteiger partial charge is 0.337 e. The Morgan fingerprint density at radius 3 is 3.23 bits per heavy atom. The Kier molecular flexibility index (Phi) is 2.18. The summed E-state index contributed by atoms with van der Waals surface area (Å²) in [4.78, 5) is 10.6. The van der Waals surface area contributed by atoms with Gasteiger partial charge in [-0.15, -0.1) is 0 Å². The van der Waals surface area contributed by atoms with Gasteiger partial charge in [-0.25, -0.2) is 0 Å². The van der Waals surface area contributed by atoms with Crippen LogP contribution in [-0.2, 0) is 18.4 Å². The van der Waals surface area contributed by atoms with Gasteiger partial charge in [-0.2, -0.15) is 0 Å². The molecule has 1 aliphatic carbocycles. The molecule has 0 amide bonds. The molecular formula is C7H8BO4P. The zero-order valence-electron chi connectivity index (χ0n) is 6.93. The molecule has 0 spiro atoms. The van der Waals surface area contributed by atoms with Gasteiger partial charge in [0.25, 0.3) is 0 Å². The molecule has 0 aromatic rings. The second kappa shape index (κ2) is 3.09. The highest BCUT2D eigenvalue weighted by Gasteiger charge is 2.41. The minimum Gasteiger partial charge on any atom is -0.312 e. The van der Waals surface area contributed by atoms with Crippen molar-refractivity contribution in [1.82, 2.24) is 0 Å². The molecule has 13 heavy (non-hydrogen) atoms. The van der Waals surface area contributed by atoms with Crippen molar-refractivity contribution in [3.63, 3.8) is 0 Å². The molecule has 0 N–H and O–H groups in total. The highest BCUT2D eigenvalue weighted by molar-refractivity contribution is 7.55. The molecule has 0 saturated heterocycles. The van der Waals surface area contributed by atoms with Crippen LogP contribution >= 0.6 is 7.60 Å². The molecule has 0 aromatic heterocycles. The summed E-state index contributed by atoms with van der Waals surface area (Å²) >= 11 is 0. The number of carbonyl (C=O) groups excluding carboxylic acids is 1. The van der Waals surface area contributed by atoms with E-state index in [-0.39, 0.29) is 18.9 Å². The maximum Gasteiger partial charge on any atom is 0.337 e. The van der Waals surface area contributed by atoms with Gasteiger partial charge in [-0.05, 0) is 5.57 Å². The van der Waals surface area contributed by atoms with Crippen molar-refractivity contribution < 1.29 is 18.4 Å². The zero-order chi connectivity index (χ0) is 9.47. The maximum atomic E-state index is 11.7. The fraction of sp³-hybridized carbons (Fsp3) is 0.571. The Balaban J connectivity index is 2.07. The van der Waals surface area contributed by atoms with E-state index in [1.165, 1.54) is 0 Å². The number of carbonyl (C=O) groups is 1. The van der Waals surface area contributed by atoms with Crippen molar-refractivity contribution >= 4 is 21.1 Å². The van der Waals surface area contributed by atoms with Gasteiger partial charge >= 0.3 is 7.60 Å². The van der Waals surface area contributed by atoms with Gasteiger partial charge in [0.1, 0.15) is 0 Å². The lowest BCUT2D eigenvalue weighted by atomic mass is 10.1. The van der Waals surface area contributed by atoms with Crippen molar-refractivity contribution in [2.75, 3.05) is 12.8 Å². The molecule has 1 heterocycles. The van der Waals surface area contributed by atoms with E-state index < -0.39 is 13.3 Å². The lowest BCUT2D eigenvalue weighted by molar-refractivity contribution is -0.109. The minimum absolute atomic E-state index is 0.104. The van der Waals surface area contributed by atoms with E-state index in [0.717, 1.165) is 12.0 Å². The Labute approximate surface area is 77.2 Å². The van der Waals surface area contributed by atoms with Crippen LogP contribution in [0, 0.1) is 0 Å². The van der Waals surface area contributed by atoms with E-state index in [1.54, 1.807) is 0 Å². The Hall–Kier alpha value is -0.375. The summed E-state index contributed by atoms with van der Waals surface area (Å²) in [6.07, 6.45) is 2.20. The summed E-state index contributed by atoms with van der Waals surface area (Å²) in [6.45, 7) is 0.246. The summed E-state index contributed by atoms with van der Waals surface area (Å²) in [6, 6.07) is 0. The SMILES string of the molecule is [B]C(=O)CP1(=O)OCC=C2C[C@H]2O1. The normalized spacial score (nSPS) is 37.2. The van der Waals surface area contributed by atoms with Gasteiger partial charge in [0.2, 0.25) is 0 Å². The third kappa shape index (κ3) is 2.10. The second-order valence-corrected chi connectivity index (χ2v) is 5.12. The fourth-order valence-corrected chi connectivity index (χ4v) is 2.74. The van der Waals surface area contributed by atoms with Gasteiger partial charge in [-0.3, -0.25) is 4.57 Å². The minimum atomic E-state index is -3.25. The lowest BCUT2D eigenvalue weighted by Crippen LogP contribution is -2.09. The number of rotatable bonds is 2. The molecule has 68 valence electrons. The summed E-state index contributed by atoms with van der Waals surface area (Å²) in [5.74, 6) is 0. The fourth-order valence-electron chi connectivity index (χ4n) is 1.23. The number of fused-ring (bicyclic) bond motifs is 1. The highest BCUT2D eigenvalue weighted by atomic mass is 31.2. The van der Waals surface area contributed by atoms with Crippen molar-refractivity contribution in [3.8, 4) is 0 Å². The average Bonchev–Trinajstić information content (AvgIpc) is 2.63. The molecule has 2 atom stereocenters. The molecule has 0 aromatic carbocycles. The van der Waals surface area contributed by atoms with E-state index in [4.69, 9.17) is 16.9 Å². The predicted octanol–water partition coefficient (Wildman–Crippen LogP) is 0.620. The van der Waals surface area contributed by atoms with Gasteiger partial charge in [0.05, 0.1) is 24.6 Å². The van der Waals surface area contributed by atoms with Crippen molar-refractivity contribution in [3.05, 3.63) is 11.6 Å². The molecule has 4 nitrogen and oxygen atoms in total. The molecule has 2 aliphatic rings. The summed E-state index contributed by atoms with van der Waals surface area (Å²) in [7, 11) is 1.68. The average molecular weight is 198 g/mol. The van der Waals surface area contributed by atoms with Crippen LogP contribution in [0.25, 0.3) is 0 Å². The Bertz CT molecular complexity index is 324. The number of hydrogen-bond donors (Lipinski definition) is 0. The van der Waals surface area contributed by atoms with Gasteiger partial charge < -0.3 is 13.8 Å². The quantitative estimate of drug-likeness (QED) is 0.370. The maximum absolute atomic E-state index is 11.7. The van der Waals surface area contributed by atoms with E-state index >= 15 is 0 Å². The van der Waals surface area contributed by atoms with Gasteiger partial charge in [-0.1, -0.05) is 6.08 Å². The molecule has 2 rings (SSSR count). The van der Waals surface area contributed by atoms with Crippen LogP contribution < -0.4 is 0 Å². The summed E-state index contributed by atoms with van der Waals surface area (Å²) in [5.41, 5.74) is 0.439.